The van der Waals surface area contributed by atoms with Crippen LogP contribution in [-0.2, 0) is 16.1 Å². The number of likely N-dealkylation sites (tertiary alicyclic amines) is 1. The Hall–Kier alpha value is -1.65. The number of nitrogens with zero attached hydrogens (tertiary/aromatic N) is 3. The summed E-state index contributed by atoms with van der Waals surface area (Å²) in [6.45, 7) is 1.85. The van der Waals surface area contributed by atoms with Gasteiger partial charge in [0.2, 0.25) is 5.91 Å². The van der Waals surface area contributed by atoms with Gasteiger partial charge in [-0.15, -0.1) is 0 Å². The number of carbonyl (C=O) groups is 2. The summed E-state index contributed by atoms with van der Waals surface area (Å²) in [4.78, 5) is 30.9. The molecule has 144 valence electrons. The third kappa shape index (κ3) is 5.42. The van der Waals surface area contributed by atoms with Crippen molar-refractivity contribution in [2.24, 2.45) is 5.92 Å². The first-order valence-electron chi connectivity index (χ1n) is 10.5. The number of ketones is 1. The van der Waals surface area contributed by atoms with Crippen molar-refractivity contribution in [1.82, 2.24) is 14.5 Å². The normalized spacial score (nSPS) is 22.8. The Kier molecular flexibility index (Phi) is 7.27. The number of imidazole rings is 1. The van der Waals surface area contributed by atoms with Crippen molar-refractivity contribution in [3.63, 3.8) is 0 Å². The fourth-order valence-electron chi connectivity index (χ4n) is 4.68. The molecule has 2 unspecified atom stereocenters. The maximum Gasteiger partial charge on any atom is 0.222 e. The number of rotatable bonds is 9. The molecule has 5 nitrogen and oxygen atoms in total. The highest BCUT2D eigenvalue weighted by atomic mass is 16.2. The van der Waals surface area contributed by atoms with Crippen LogP contribution in [0.25, 0.3) is 0 Å². The van der Waals surface area contributed by atoms with E-state index in [4.69, 9.17) is 0 Å². The van der Waals surface area contributed by atoms with Crippen LogP contribution in [0.1, 0.15) is 77.0 Å². The lowest BCUT2D eigenvalue weighted by Gasteiger charge is -2.44. The van der Waals surface area contributed by atoms with E-state index in [1.54, 1.807) is 6.20 Å². The highest BCUT2D eigenvalue weighted by Gasteiger charge is 2.35. The molecule has 0 N–H and O–H groups in total. The fraction of sp³-hybridized carbons (Fsp3) is 0.762. The topological polar surface area (TPSA) is 55.2 Å². The third-order valence-electron chi connectivity index (χ3n) is 6.09. The Morgan fingerprint density at radius 3 is 2.62 bits per heavy atom. The van der Waals surface area contributed by atoms with Crippen molar-refractivity contribution >= 4 is 11.7 Å². The zero-order valence-corrected chi connectivity index (χ0v) is 15.9. The molecule has 5 heteroatoms. The number of fused-ring (bicyclic) bond motifs is 1. The Morgan fingerprint density at radius 2 is 1.77 bits per heavy atom. The van der Waals surface area contributed by atoms with Gasteiger partial charge in [0.05, 0.1) is 6.33 Å². The highest BCUT2D eigenvalue weighted by Crippen LogP contribution is 2.35. The molecule has 1 saturated heterocycles. The van der Waals surface area contributed by atoms with E-state index >= 15 is 0 Å². The second-order valence-corrected chi connectivity index (χ2v) is 7.99. The summed E-state index contributed by atoms with van der Waals surface area (Å²) in [6.07, 6.45) is 17.4. The third-order valence-corrected chi connectivity index (χ3v) is 6.09. The molecule has 1 aromatic heterocycles. The summed E-state index contributed by atoms with van der Waals surface area (Å²) in [6, 6.07) is 0.490. The van der Waals surface area contributed by atoms with Gasteiger partial charge in [-0.05, 0) is 50.9 Å². The molecule has 2 aliphatic rings. The number of carbonyl (C=O) groups excluding carboxylic acids is 2. The fourth-order valence-corrected chi connectivity index (χ4v) is 4.68. The van der Waals surface area contributed by atoms with Crippen molar-refractivity contribution in [3.05, 3.63) is 18.7 Å². The first kappa shape index (κ1) is 19.1. The Balaban J connectivity index is 1.29. The van der Waals surface area contributed by atoms with Crippen LogP contribution in [0.3, 0.4) is 0 Å². The molecule has 3 rings (SSSR count). The minimum absolute atomic E-state index is 0.287. The van der Waals surface area contributed by atoms with E-state index in [1.807, 2.05) is 17.1 Å². The Bertz CT molecular complexity index is 568. The monoisotopic (exact) mass is 359 g/mol. The van der Waals surface area contributed by atoms with Gasteiger partial charge in [-0.2, -0.15) is 0 Å². The molecule has 1 saturated carbocycles. The maximum atomic E-state index is 12.6. The number of Topliss-reactive ketones (excluding diaryl/α,β-unsaturated/α-hetero) is 1. The molecule has 0 aromatic carbocycles. The van der Waals surface area contributed by atoms with Gasteiger partial charge in [0.25, 0.3) is 0 Å². The van der Waals surface area contributed by atoms with Gasteiger partial charge in [0, 0.05) is 50.8 Å². The van der Waals surface area contributed by atoms with Crippen LogP contribution < -0.4 is 0 Å². The summed E-state index contributed by atoms with van der Waals surface area (Å²) in [5, 5.41) is 0. The van der Waals surface area contributed by atoms with Crippen molar-refractivity contribution in [1.29, 1.82) is 0 Å². The maximum absolute atomic E-state index is 12.6. The largest absolute Gasteiger partial charge is 0.339 e. The van der Waals surface area contributed by atoms with Crippen LogP contribution >= 0.6 is 0 Å². The van der Waals surface area contributed by atoms with E-state index < -0.39 is 0 Å². The number of hydrogen-bond acceptors (Lipinski definition) is 3. The van der Waals surface area contributed by atoms with E-state index in [0.29, 0.717) is 37.5 Å². The molecule has 26 heavy (non-hydrogen) atoms. The molecular formula is C21H33N3O2. The minimum atomic E-state index is 0.287. The molecule has 0 bridgehead atoms. The van der Waals surface area contributed by atoms with Crippen LogP contribution in [0.15, 0.2) is 18.7 Å². The molecule has 2 atom stereocenters. The molecular weight excluding hydrogens is 326 g/mol. The van der Waals surface area contributed by atoms with Crippen LogP contribution in [-0.4, -0.2) is 38.7 Å². The zero-order chi connectivity index (χ0) is 18.2. The summed E-state index contributed by atoms with van der Waals surface area (Å²) in [5.41, 5.74) is 0. The number of unbranched alkanes of at least 4 members (excludes halogenated alkanes) is 1. The van der Waals surface area contributed by atoms with Crippen molar-refractivity contribution < 1.29 is 9.59 Å². The number of amides is 1. The van der Waals surface area contributed by atoms with Crippen LogP contribution in [0.4, 0.5) is 0 Å². The molecule has 1 aliphatic heterocycles. The lowest BCUT2D eigenvalue weighted by atomic mass is 9.78. The molecule has 0 radical (unpaired) electrons. The van der Waals surface area contributed by atoms with E-state index in [0.717, 1.165) is 38.3 Å². The van der Waals surface area contributed by atoms with Gasteiger partial charge in [-0.3, -0.25) is 9.59 Å². The summed E-state index contributed by atoms with van der Waals surface area (Å²) < 4.78 is 2.04. The number of piperidine rings is 1. The molecule has 2 fully saturated rings. The first-order valence-corrected chi connectivity index (χ1v) is 10.5. The van der Waals surface area contributed by atoms with Crippen molar-refractivity contribution in [2.45, 2.75) is 89.6 Å². The predicted octanol–water partition coefficient (Wildman–Crippen LogP) is 3.97. The van der Waals surface area contributed by atoms with E-state index in [2.05, 4.69) is 9.88 Å². The predicted molar refractivity (Wildman–Crippen MR) is 102 cm³/mol. The number of aromatic nitrogens is 2. The first-order chi connectivity index (χ1) is 12.7. The zero-order valence-electron chi connectivity index (χ0n) is 15.9. The average molecular weight is 360 g/mol. The van der Waals surface area contributed by atoms with Gasteiger partial charge in [-0.1, -0.05) is 12.8 Å². The van der Waals surface area contributed by atoms with Gasteiger partial charge in [0.1, 0.15) is 5.78 Å². The smallest absolute Gasteiger partial charge is 0.222 e. The molecule has 1 aromatic rings. The SMILES string of the molecule is O=C(CCCCn1ccnc1)CCCC(=O)N1CCCC2CCCCC21. The van der Waals surface area contributed by atoms with Crippen molar-refractivity contribution in [2.75, 3.05) is 6.54 Å². The highest BCUT2D eigenvalue weighted by molar-refractivity contribution is 5.80. The van der Waals surface area contributed by atoms with Crippen molar-refractivity contribution in [3.8, 4) is 0 Å². The summed E-state index contributed by atoms with van der Waals surface area (Å²) in [7, 11) is 0. The second-order valence-electron chi connectivity index (χ2n) is 7.99. The van der Waals surface area contributed by atoms with E-state index in [1.165, 1.54) is 32.1 Å². The number of aryl methyl sites for hydroxylation is 1. The molecule has 1 aliphatic carbocycles. The van der Waals surface area contributed by atoms with E-state index in [-0.39, 0.29) is 5.91 Å². The quantitative estimate of drug-likeness (QED) is 0.627. The standard InChI is InChI=1S/C21H33N3O2/c25-19(9-3-4-14-23-16-13-22-17-23)10-5-12-21(26)24-15-6-8-18-7-1-2-11-20(18)24/h13,16-18,20H,1-12,14-15H2. The summed E-state index contributed by atoms with van der Waals surface area (Å²) in [5.74, 6) is 1.32. The number of hydrogen-bond donors (Lipinski definition) is 0. The molecule has 2 heterocycles. The molecule has 1 amide bonds. The molecule has 0 spiro atoms. The second kappa shape index (κ2) is 9.89. The van der Waals surface area contributed by atoms with Crippen LogP contribution in [0.2, 0.25) is 0 Å². The van der Waals surface area contributed by atoms with Crippen LogP contribution in [0, 0.1) is 5.92 Å². The lowest BCUT2D eigenvalue weighted by molar-refractivity contribution is -0.137. The Morgan fingerprint density at radius 1 is 0.962 bits per heavy atom. The van der Waals surface area contributed by atoms with E-state index in [9.17, 15) is 9.59 Å². The average Bonchev–Trinajstić information content (AvgIpc) is 3.18. The van der Waals surface area contributed by atoms with Gasteiger partial charge in [0.15, 0.2) is 0 Å². The Labute approximate surface area is 157 Å². The summed E-state index contributed by atoms with van der Waals surface area (Å²) >= 11 is 0. The lowest BCUT2D eigenvalue weighted by Crippen LogP contribution is -2.49. The van der Waals surface area contributed by atoms with Gasteiger partial charge in [-0.25, -0.2) is 4.98 Å². The van der Waals surface area contributed by atoms with Gasteiger partial charge < -0.3 is 9.47 Å². The van der Waals surface area contributed by atoms with Gasteiger partial charge >= 0.3 is 0 Å². The van der Waals surface area contributed by atoms with Crippen LogP contribution in [0.5, 0.6) is 0 Å². The minimum Gasteiger partial charge on any atom is -0.339 e.